The number of hydrogen-bond donors (Lipinski definition) is 1. The van der Waals surface area contributed by atoms with E-state index in [1.54, 1.807) is 6.07 Å². The molecule has 4 heteroatoms. The van der Waals surface area contributed by atoms with Crippen molar-refractivity contribution in [1.29, 1.82) is 0 Å². The Morgan fingerprint density at radius 1 is 1.37 bits per heavy atom. The van der Waals surface area contributed by atoms with Crippen LogP contribution in [0.3, 0.4) is 0 Å². The molecule has 1 heterocycles. The molecule has 1 aliphatic heterocycles. The zero-order chi connectivity index (χ0) is 14.0. The molecule has 1 aromatic carbocycles. The number of nitrogens with zero attached hydrogens (tertiary/aromatic N) is 1. The molecule has 3 nitrogen and oxygen atoms in total. The van der Waals surface area contributed by atoms with E-state index in [1.807, 2.05) is 6.07 Å². The quantitative estimate of drug-likeness (QED) is 0.912. The predicted octanol–water partition coefficient (Wildman–Crippen LogP) is 2.28. The first-order valence-corrected chi connectivity index (χ1v) is 6.76. The summed E-state index contributed by atoms with van der Waals surface area (Å²) in [6.07, 6.45) is 0.200. The zero-order valence-corrected chi connectivity index (χ0v) is 11.9. The van der Waals surface area contributed by atoms with Gasteiger partial charge >= 0.3 is 0 Å². The summed E-state index contributed by atoms with van der Waals surface area (Å²) in [5.41, 5.74) is 7.25. The smallest absolute Gasteiger partial charge is 0.123 e. The normalized spacial score (nSPS) is 23.5. The number of benzene rings is 1. The second-order valence-electron chi connectivity index (χ2n) is 6.03. The Balaban J connectivity index is 2.10. The minimum Gasteiger partial charge on any atom is -0.370 e. The third-order valence-corrected chi connectivity index (χ3v) is 3.30. The number of rotatable bonds is 3. The SMILES string of the molecule is CC1CN(Cc2cc(F)cc(CN)c2)CC(C)(C)O1. The third-order valence-electron chi connectivity index (χ3n) is 3.30. The van der Waals surface area contributed by atoms with Gasteiger partial charge in [-0.15, -0.1) is 0 Å². The highest BCUT2D eigenvalue weighted by atomic mass is 19.1. The fraction of sp³-hybridized carbons (Fsp3) is 0.600. The van der Waals surface area contributed by atoms with Crippen LogP contribution in [0.15, 0.2) is 18.2 Å². The summed E-state index contributed by atoms with van der Waals surface area (Å²) in [5.74, 6) is -0.210. The number of morpholine rings is 1. The average molecular weight is 266 g/mol. The van der Waals surface area contributed by atoms with Gasteiger partial charge in [-0.25, -0.2) is 4.39 Å². The Kier molecular flexibility index (Phi) is 4.23. The number of ether oxygens (including phenoxy) is 1. The number of nitrogens with two attached hydrogens (primary N) is 1. The van der Waals surface area contributed by atoms with E-state index in [1.165, 1.54) is 6.07 Å². The molecule has 0 amide bonds. The second-order valence-corrected chi connectivity index (χ2v) is 6.03. The van der Waals surface area contributed by atoms with Gasteiger partial charge in [0.15, 0.2) is 0 Å². The summed E-state index contributed by atoms with van der Waals surface area (Å²) in [7, 11) is 0. The molecule has 106 valence electrons. The highest BCUT2D eigenvalue weighted by Crippen LogP contribution is 2.22. The Morgan fingerprint density at radius 2 is 2.05 bits per heavy atom. The van der Waals surface area contributed by atoms with Crippen LogP contribution in [0.1, 0.15) is 31.9 Å². The van der Waals surface area contributed by atoms with Gasteiger partial charge in [0.2, 0.25) is 0 Å². The molecule has 1 aliphatic rings. The average Bonchev–Trinajstić information content (AvgIpc) is 2.24. The van der Waals surface area contributed by atoms with Gasteiger partial charge in [0.05, 0.1) is 11.7 Å². The zero-order valence-electron chi connectivity index (χ0n) is 11.9. The van der Waals surface area contributed by atoms with E-state index in [4.69, 9.17) is 10.5 Å². The van der Waals surface area contributed by atoms with Gasteiger partial charge in [0.1, 0.15) is 5.82 Å². The van der Waals surface area contributed by atoms with Crippen molar-refractivity contribution in [2.75, 3.05) is 13.1 Å². The maximum atomic E-state index is 13.5. The summed E-state index contributed by atoms with van der Waals surface area (Å²) in [4.78, 5) is 2.31. The largest absolute Gasteiger partial charge is 0.370 e. The molecule has 0 aliphatic carbocycles. The van der Waals surface area contributed by atoms with Crippen molar-refractivity contribution in [2.24, 2.45) is 5.73 Å². The Labute approximate surface area is 114 Å². The van der Waals surface area contributed by atoms with Crippen LogP contribution in [0.2, 0.25) is 0 Å². The van der Waals surface area contributed by atoms with Crippen LogP contribution >= 0.6 is 0 Å². The van der Waals surface area contributed by atoms with Gasteiger partial charge in [-0.2, -0.15) is 0 Å². The lowest BCUT2D eigenvalue weighted by Gasteiger charge is -2.41. The molecule has 2 rings (SSSR count). The Morgan fingerprint density at radius 3 is 2.68 bits per heavy atom. The first-order valence-electron chi connectivity index (χ1n) is 6.76. The van der Waals surface area contributed by atoms with Crippen LogP contribution in [0, 0.1) is 5.82 Å². The van der Waals surface area contributed by atoms with Gasteiger partial charge in [-0.1, -0.05) is 6.07 Å². The highest BCUT2D eigenvalue weighted by molar-refractivity contribution is 5.24. The van der Waals surface area contributed by atoms with E-state index in [2.05, 4.69) is 25.7 Å². The van der Waals surface area contributed by atoms with Crippen molar-refractivity contribution in [3.63, 3.8) is 0 Å². The molecule has 1 aromatic rings. The summed E-state index contributed by atoms with van der Waals surface area (Å²) in [5, 5.41) is 0. The second kappa shape index (κ2) is 5.57. The van der Waals surface area contributed by atoms with Crippen LogP contribution in [-0.2, 0) is 17.8 Å². The molecule has 1 atom stereocenters. The molecule has 0 aromatic heterocycles. The topological polar surface area (TPSA) is 38.5 Å². The molecule has 0 spiro atoms. The van der Waals surface area contributed by atoms with Crippen molar-refractivity contribution >= 4 is 0 Å². The summed E-state index contributed by atoms with van der Waals surface area (Å²) in [6.45, 7) is 9.09. The number of hydrogen-bond acceptors (Lipinski definition) is 3. The van der Waals surface area contributed by atoms with E-state index in [9.17, 15) is 4.39 Å². The third kappa shape index (κ3) is 4.00. The van der Waals surface area contributed by atoms with Crippen molar-refractivity contribution < 1.29 is 9.13 Å². The molecule has 2 N–H and O–H groups in total. The van der Waals surface area contributed by atoms with Crippen molar-refractivity contribution in [3.8, 4) is 0 Å². The maximum absolute atomic E-state index is 13.5. The fourth-order valence-electron chi connectivity index (χ4n) is 2.89. The molecule has 1 saturated heterocycles. The molecule has 0 saturated carbocycles. The highest BCUT2D eigenvalue weighted by Gasteiger charge is 2.31. The van der Waals surface area contributed by atoms with Crippen LogP contribution in [0.5, 0.6) is 0 Å². The van der Waals surface area contributed by atoms with Gasteiger partial charge < -0.3 is 10.5 Å². The molecule has 1 fully saturated rings. The van der Waals surface area contributed by atoms with E-state index >= 15 is 0 Å². The molecular weight excluding hydrogens is 243 g/mol. The Bertz CT molecular complexity index is 448. The Hall–Kier alpha value is -0.970. The lowest BCUT2D eigenvalue weighted by molar-refractivity contribution is -0.130. The van der Waals surface area contributed by atoms with Crippen LogP contribution < -0.4 is 5.73 Å². The van der Waals surface area contributed by atoms with E-state index in [-0.39, 0.29) is 17.5 Å². The minimum atomic E-state index is -0.210. The molecule has 0 bridgehead atoms. The van der Waals surface area contributed by atoms with E-state index in [0.717, 1.165) is 30.8 Å². The maximum Gasteiger partial charge on any atom is 0.123 e. The molecule has 1 unspecified atom stereocenters. The number of halogens is 1. The summed E-state index contributed by atoms with van der Waals surface area (Å²) >= 11 is 0. The molecule has 0 radical (unpaired) electrons. The first kappa shape index (κ1) is 14.4. The van der Waals surface area contributed by atoms with Gasteiger partial charge in [-0.05, 0) is 44.0 Å². The van der Waals surface area contributed by atoms with Crippen molar-refractivity contribution in [3.05, 3.63) is 35.1 Å². The van der Waals surface area contributed by atoms with E-state index in [0.29, 0.717) is 6.54 Å². The van der Waals surface area contributed by atoms with Crippen LogP contribution in [0.4, 0.5) is 4.39 Å². The van der Waals surface area contributed by atoms with Gasteiger partial charge in [0, 0.05) is 26.2 Å². The van der Waals surface area contributed by atoms with Crippen molar-refractivity contribution in [2.45, 2.75) is 45.6 Å². The molecular formula is C15H23FN2O. The first-order chi connectivity index (χ1) is 8.88. The van der Waals surface area contributed by atoms with Crippen molar-refractivity contribution in [1.82, 2.24) is 4.90 Å². The van der Waals surface area contributed by atoms with E-state index < -0.39 is 0 Å². The molecule has 19 heavy (non-hydrogen) atoms. The summed E-state index contributed by atoms with van der Waals surface area (Å²) < 4.78 is 19.4. The minimum absolute atomic E-state index is 0.151. The van der Waals surface area contributed by atoms with Crippen LogP contribution in [0.25, 0.3) is 0 Å². The predicted molar refractivity (Wildman–Crippen MR) is 74.2 cm³/mol. The summed E-state index contributed by atoms with van der Waals surface area (Å²) in [6, 6.07) is 5.07. The fourth-order valence-corrected chi connectivity index (χ4v) is 2.89. The standard InChI is InChI=1S/C15H23FN2O/c1-11-8-18(10-15(2,3)19-11)9-13-4-12(7-17)5-14(16)6-13/h4-6,11H,7-10,17H2,1-3H3. The van der Waals surface area contributed by atoms with Crippen LogP contribution in [-0.4, -0.2) is 29.7 Å². The monoisotopic (exact) mass is 266 g/mol. The van der Waals surface area contributed by atoms with Gasteiger partial charge in [0.25, 0.3) is 0 Å². The van der Waals surface area contributed by atoms with Gasteiger partial charge in [-0.3, -0.25) is 4.90 Å². The lowest BCUT2D eigenvalue weighted by Crippen LogP contribution is -2.51. The lowest BCUT2D eigenvalue weighted by atomic mass is 10.0.